The molecule has 2 atom stereocenters. The lowest BCUT2D eigenvalue weighted by Gasteiger charge is -2.37. The molecule has 7 nitrogen and oxygen atoms in total. The number of aromatic nitrogens is 2. The maximum Gasteiger partial charge on any atom is 0.335 e. The second-order valence-corrected chi connectivity index (χ2v) is 8.01. The highest BCUT2D eigenvalue weighted by molar-refractivity contribution is 5.93. The van der Waals surface area contributed by atoms with Crippen LogP contribution in [0.25, 0.3) is 16.7 Å². The molecule has 1 fully saturated rings. The molecule has 0 aliphatic carbocycles. The van der Waals surface area contributed by atoms with Crippen molar-refractivity contribution >= 4 is 22.7 Å². The fourth-order valence-corrected chi connectivity index (χ4v) is 4.28. The lowest BCUT2D eigenvalue weighted by Crippen LogP contribution is -2.54. The van der Waals surface area contributed by atoms with Gasteiger partial charge in [0.05, 0.1) is 23.2 Å². The van der Waals surface area contributed by atoms with Crippen LogP contribution in [0.15, 0.2) is 42.5 Å². The smallest absolute Gasteiger partial charge is 0.335 e. The van der Waals surface area contributed by atoms with Gasteiger partial charge in [-0.1, -0.05) is 6.07 Å². The van der Waals surface area contributed by atoms with Crippen molar-refractivity contribution in [3.63, 3.8) is 0 Å². The van der Waals surface area contributed by atoms with Crippen LogP contribution in [0.2, 0.25) is 0 Å². The molecule has 0 amide bonds. The molecule has 2 heterocycles. The number of imidazole rings is 1. The van der Waals surface area contributed by atoms with Crippen LogP contribution in [0.3, 0.4) is 0 Å². The average Bonchev–Trinajstić information content (AvgIpc) is 3.09. The SMILES string of the molecule is COCCc1nc2cc(C(=O)O)ccc2n1-c1cccc(N2CC(C)NC(C)C2)c1. The molecule has 2 unspecified atom stereocenters. The summed E-state index contributed by atoms with van der Waals surface area (Å²) in [6.45, 7) is 6.87. The molecule has 158 valence electrons. The third kappa shape index (κ3) is 4.04. The highest BCUT2D eigenvalue weighted by Crippen LogP contribution is 2.27. The van der Waals surface area contributed by atoms with Crippen LogP contribution in [0.1, 0.15) is 30.0 Å². The predicted molar refractivity (Wildman–Crippen MR) is 118 cm³/mol. The summed E-state index contributed by atoms with van der Waals surface area (Å²) in [5, 5.41) is 12.9. The van der Waals surface area contributed by atoms with Crippen LogP contribution in [0.5, 0.6) is 0 Å². The maximum atomic E-state index is 11.4. The summed E-state index contributed by atoms with van der Waals surface area (Å²) >= 11 is 0. The number of rotatable bonds is 6. The quantitative estimate of drug-likeness (QED) is 0.653. The number of carboxylic acid groups (broad SMARTS) is 1. The lowest BCUT2D eigenvalue weighted by atomic mass is 10.1. The number of aromatic carboxylic acids is 1. The Labute approximate surface area is 176 Å². The lowest BCUT2D eigenvalue weighted by molar-refractivity contribution is 0.0697. The van der Waals surface area contributed by atoms with Crippen molar-refractivity contribution in [2.24, 2.45) is 0 Å². The van der Waals surface area contributed by atoms with Gasteiger partial charge in [0.2, 0.25) is 0 Å². The Bertz CT molecular complexity index is 1050. The first-order valence-corrected chi connectivity index (χ1v) is 10.3. The Morgan fingerprint density at radius 2 is 1.90 bits per heavy atom. The molecule has 0 saturated carbocycles. The molecule has 0 bridgehead atoms. The first kappa shape index (κ1) is 20.4. The van der Waals surface area contributed by atoms with Gasteiger partial charge in [0.1, 0.15) is 5.82 Å². The number of ether oxygens (including phenoxy) is 1. The van der Waals surface area contributed by atoms with Crippen molar-refractivity contribution in [1.82, 2.24) is 14.9 Å². The van der Waals surface area contributed by atoms with Crippen LogP contribution in [0.4, 0.5) is 5.69 Å². The average molecular weight is 409 g/mol. The molecule has 1 aliphatic rings. The van der Waals surface area contributed by atoms with Gasteiger partial charge in [-0.3, -0.25) is 4.57 Å². The topological polar surface area (TPSA) is 79.6 Å². The Morgan fingerprint density at radius 3 is 2.60 bits per heavy atom. The summed E-state index contributed by atoms with van der Waals surface area (Å²) in [7, 11) is 1.67. The molecule has 2 aromatic carbocycles. The number of methoxy groups -OCH3 is 1. The number of hydrogen-bond donors (Lipinski definition) is 2. The minimum absolute atomic E-state index is 0.239. The van der Waals surface area contributed by atoms with Crippen molar-refractivity contribution in [1.29, 1.82) is 0 Å². The molecular formula is C23H28N4O3. The van der Waals surface area contributed by atoms with E-state index < -0.39 is 5.97 Å². The van der Waals surface area contributed by atoms with Gasteiger partial charge in [0, 0.05) is 50.1 Å². The highest BCUT2D eigenvalue weighted by atomic mass is 16.5. The summed E-state index contributed by atoms with van der Waals surface area (Å²) in [5.41, 5.74) is 4.00. The van der Waals surface area contributed by atoms with Crippen molar-refractivity contribution in [3.05, 3.63) is 53.9 Å². The Morgan fingerprint density at radius 1 is 1.17 bits per heavy atom. The summed E-state index contributed by atoms with van der Waals surface area (Å²) in [6.07, 6.45) is 0.638. The van der Waals surface area contributed by atoms with E-state index in [2.05, 4.69) is 52.9 Å². The Kier molecular flexibility index (Phi) is 5.74. The Hall–Kier alpha value is -2.90. The van der Waals surface area contributed by atoms with E-state index in [4.69, 9.17) is 9.72 Å². The molecule has 1 aromatic heterocycles. The van der Waals surface area contributed by atoms with E-state index in [1.54, 1.807) is 19.2 Å². The number of anilines is 1. The molecule has 3 aromatic rings. The van der Waals surface area contributed by atoms with E-state index >= 15 is 0 Å². The van der Waals surface area contributed by atoms with Gasteiger partial charge in [-0.2, -0.15) is 0 Å². The zero-order valence-corrected chi connectivity index (χ0v) is 17.6. The molecule has 2 N–H and O–H groups in total. The number of benzene rings is 2. The Balaban J connectivity index is 1.78. The number of hydrogen-bond acceptors (Lipinski definition) is 5. The number of carboxylic acids is 1. The molecule has 0 spiro atoms. The zero-order valence-electron chi connectivity index (χ0n) is 17.6. The van der Waals surface area contributed by atoms with Crippen molar-refractivity contribution in [2.75, 3.05) is 31.7 Å². The van der Waals surface area contributed by atoms with Gasteiger partial charge >= 0.3 is 5.97 Å². The second kappa shape index (κ2) is 8.45. The normalized spacial score (nSPS) is 19.4. The van der Waals surface area contributed by atoms with Gasteiger partial charge in [-0.05, 0) is 50.2 Å². The van der Waals surface area contributed by atoms with E-state index in [1.165, 1.54) is 5.69 Å². The molecule has 1 saturated heterocycles. The van der Waals surface area contributed by atoms with Gasteiger partial charge in [-0.15, -0.1) is 0 Å². The number of carbonyl (C=O) groups is 1. The van der Waals surface area contributed by atoms with E-state index in [0.29, 0.717) is 30.6 Å². The van der Waals surface area contributed by atoms with Crippen LogP contribution < -0.4 is 10.2 Å². The fraction of sp³-hybridized carbons (Fsp3) is 0.391. The van der Waals surface area contributed by atoms with Crippen molar-refractivity contribution < 1.29 is 14.6 Å². The number of piperazine rings is 1. The highest BCUT2D eigenvalue weighted by Gasteiger charge is 2.22. The molecular weight excluding hydrogens is 380 g/mol. The van der Waals surface area contributed by atoms with Crippen LogP contribution >= 0.6 is 0 Å². The number of nitrogens with one attached hydrogen (secondary N) is 1. The first-order valence-electron chi connectivity index (χ1n) is 10.3. The van der Waals surface area contributed by atoms with Crippen LogP contribution in [-0.2, 0) is 11.2 Å². The minimum atomic E-state index is -0.950. The van der Waals surface area contributed by atoms with E-state index in [1.807, 2.05) is 6.07 Å². The molecule has 30 heavy (non-hydrogen) atoms. The van der Waals surface area contributed by atoms with Gasteiger partial charge in [0.25, 0.3) is 0 Å². The minimum Gasteiger partial charge on any atom is -0.478 e. The largest absolute Gasteiger partial charge is 0.478 e. The predicted octanol–water partition coefficient (Wildman–Crippen LogP) is 3.10. The summed E-state index contributed by atoms with van der Waals surface area (Å²) in [4.78, 5) is 18.5. The molecule has 0 radical (unpaired) electrons. The standard InChI is InChI=1S/C23H28N4O3/c1-15-13-26(14-16(2)24-15)18-5-4-6-19(12-18)27-21-8-7-17(23(28)29)11-20(21)25-22(27)9-10-30-3/h4-8,11-12,15-16,24H,9-10,13-14H2,1-3H3,(H,28,29). The second-order valence-electron chi connectivity index (χ2n) is 8.01. The van der Waals surface area contributed by atoms with Gasteiger partial charge in [0.15, 0.2) is 0 Å². The van der Waals surface area contributed by atoms with E-state index in [-0.39, 0.29) is 5.56 Å². The van der Waals surface area contributed by atoms with Crippen molar-refractivity contribution in [3.8, 4) is 5.69 Å². The van der Waals surface area contributed by atoms with Gasteiger partial charge in [-0.25, -0.2) is 9.78 Å². The third-order valence-corrected chi connectivity index (χ3v) is 5.51. The number of nitrogens with zero attached hydrogens (tertiary/aromatic N) is 3. The summed E-state index contributed by atoms with van der Waals surface area (Å²) in [5.74, 6) is -0.0950. The molecule has 1 aliphatic heterocycles. The third-order valence-electron chi connectivity index (χ3n) is 5.51. The first-order chi connectivity index (χ1) is 14.5. The van der Waals surface area contributed by atoms with E-state index in [9.17, 15) is 9.90 Å². The monoisotopic (exact) mass is 408 g/mol. The van der Waals surface area contributed by atoms with Crippen LogP contribution in [0, 0.1) is 0 Å². The summed E-state index contributed by atoms with van der Waals surface area (Å²) < 4.78 is 7.38. The molecule has 4 rings (SSSR count). The van der Waals surface area contributed by atoms with Gasteiger partial charge < -0.3 is 20.1 Å². The fourth-order valence-electron chi connectivity index (χ4n) is 4.28. The van der Waals surface area contributed by atoms with Crippen molar-refractivity contribution in [2.45, 2.75) is 32.4 Å². The zero-order chi connectivity index (χ0) is 21.3. The number of fused-ring (bicyclic) bond motifs is 1. The summed E-state index contributed by atoms with van der Waals surface area (Å²) in [6, 6.07) is 14.4. The van der Waals surface area contributed by atoms with E-state index in [0.717, 1.165) is 30.1 Å². The maximum absolute atomic E-state index is 11.4. The van der Waals surface area contributed by atoms with Crippen LogP contribution in [-0.4, -0.2) is 59.5 Å². The molecule has 7 heteroatoms.